The zero-order valence-electron chi connectivity index (χ0n) is 8.69. The minimum absolute atomic E-state index is 0.00685. The summed E-state index contributed by atoms with van der Waals surface area (Å²) >= 11 is 0. The number of carbonyl (C=O) groups is 2. The Morgan fingerprint density at radius 1 is 1.36 bits per heavy atom. The molecule has 1 atom stereocenters. The number of nitrogens with two attached hydrogens (primary N) is 1. The summed E-state index contributed by atoms with van der Waals surface area (Å²) in [6, 6.07) is -0.0505. The zero-order valence-corrected chi connectivity index (χ0v) is 8.69. The van der Waals surface area contributed by atoms with Crippen molar-refractivity contribution >= 4 is 11.8 Å². The fourth-order valence-corrected chi connectivity index (χ4v) is 1.49. The van der Waals surface area contributed by atoms with Crippen molar-refractivity contribution in [2.24, 2.45) is 5.73 Å². The Morgan fingerprint density at radius 2 is 2.00 bits per heavy atom. The quantitative estimate of drug-likeness (QED) is 0.635. The fourth-order valence-electron chi connectivity index (χ4n) is 1.49. The molecule has 5 nitrogen and oxygen atoms in total. The van der Waals surface area contributed by atoms with Gasteiger partial charge in [0.2, 0.25) is 11.8 Å². The molecule has 0 spiro atoms. The first-order chi connectivity index (χ1) is 6.60. The molecule has 1 aliphatic heterocycles. The van der Waals surface area contributed by atoms with Gasteiger partial charge in [-0.15, -0.1) is 0 Å². The lowest BCUT2D eigenvalue weighted by Gasteiger charge is -2.36. The van der Waals surface area contributed by atoms with Crippen LogP contribution < -0.4 is 5.73 Å². The number of carbonyl (C=O) groups excluding carboxylic acids is 2. The van der Waals surface area contributed by atoms with Crippen LogP contribution in [0.3, 0.4) is 0 Å². The lowest BCUT2D eigenvalue weighted by molar-refractivity contribution is -0.151. The Kier molecular flexibility index (Phi) is 3.46. The third kappa shape index (κ3) is 2.04. The normalized spacial score (nSPS) is 20.2. The number of piperazine rings is 1. The smallest absolute Gasteiger partial charge is 0.242 e. The second-order valence-corrected chi connectivity index (χ2v) is 3.51. The molecule has 0 saturated carbocycles. The number of hydrogen-bond acceptors (Lipinski definition) is 3. The fraction of sp³-hybridized carbons (Fsp3) is 0.778. The summed E-state index contributed by atoms with van der Waals surface area (Å²) in [5, 5.41) is 0. The van der Waals surface area contributed by atoms with Crippen LogP contribution in [-0.4, -0.2) is 53.8 Å². The molecule has 80 valence electrons. The van der Waals surface area contributed by atoms with Gasteiger partial charge in [0.05, 0.1) is 6.54 Å². The van der Waals surface area contributed by atoms with Crippen molar-refractivity contribution in [3.8, 4) is 0 Å². The molecule has 1 rings (SSSR count). The molecule has 1 saturated heterocycles. The minimum atomic E-state index is -0.0505. The van der Waals surface area contributed by atoms with Crippen molar-refractivity contribution in [1.82, 2.24) is 9.80 Å². The van der Waals surface area contributed by atoms with Crippen molar-refractivity contribution < 1.29 is 9.59 Å². The van der Waals surface area contributed by atoms with E-state index in [4.69, 9.17) is 5.73 Å². The molecule has 0 aliphatic carbocycles. The Hall–Kier alpha value is -1.10. The Bertz CT molecular complexity index is 242. The highest BCUT2D eigenvalue weighted by molar-refractivity contribution is 5.92. The molecule has 0 aromatic rings. The van der Waals surface area contributed by atoms with Gasteiger partial charge in [-0.25, -0.2) is 0 Å². The van der Waals surface area contributed by atoms with Crippen molar-refractivity contribution in [3.05, 3.63) is 0 Å². The van der Waals surface area contributed by atoms with Crippen molar-refractivity contribution in [3.63, 3.8) is 0 Å². The summed E-state index contributed by atoms with van der Waals surface area (Å²) in [6.45, 7) is 5.07. The van der Waals surface area contributed by atoms with Gasteiger partial charge in [-0.2, -0.15) is 0 Å². The van der Waals surface area contributed by atoms with Crippen LogP contribution in [0.5, 0.6) is 0 Å². The monoisotopic (exact) mass is 199 g/mol. The van der Waals surface area contributed by atoms with E-state index in [1.807, 2.05) is 13.8 Å². The molecular weight excluding hydrogens is 182 g/mol. The first kappa shape index (κ1) is 11.0. The van der Waals surface area contributed by atoms with E-state index in [1.165, 1.54) is 0 Å². The molecule has 0 bridgehead atoms. The maximum Gasteiger partial charge on any atom is 0.242 e. The highest BCUT2D eigenvalue weighted by Crippen LogP contribution is 2.07. The van der Waals surface area contributed by atoms with Gasteiger partial charge in [-0.3, -0.25) is 9.59 Å². The van der Waals surface area contributed by atoms with Crippen LogP contribution >= 0.6 is 0 Å². The van der Waals surface area contributed by atoms with E-state index in [1.54, 1.807) is 9.80 Å². The molecular formula is C9H17N3O2. The third-order valence-corrected chi connectivity index (χ3v) is 2.56. The summed E-state index contributed by atoms with van der Waals surface area (Å²) in [6.07, 6.45) is 0. The summed E-state index contributed by atoms with van der Waals surface area (Å²) in [5.41, 5.74) is 5.46. The predicted molar refractivity (Wildman–Crippen MR) is 52.5 cm³/mol. The molecule has 1 unspecified atom stereocenters. The first-order valence-electron chi connectivity index (χ1n) is 4.87. The number of nitrogens with zero attached hydrogens (tertiary/aromatic N) is 2. The van der Waals surface area contributed by atoms with Crippen LogP contribution in [-0.2, 0) is 9.59 Å². The van der Waals surface area contributed by atoms with E-state index < -0.39 is 0 Å². The van der Waals surface area contributed by atoms with E-state index in [2.05, 4.69) is 0 Å². The lowest BCUT2D eigenvalue weighted by atomic mass is 10.2. The summed E-state index contributed by atoms with van der Waals surface area (Å²) < 4.78 is 0. The Labute approximate surface area is 83.8 Å². The zero-order chi connectivity index (χ0) is 10.7. The average Bonchev–Trinajstić information content (AvgIpc) is 2.19. The largest absolute Gasteiger partial charge is 0.332 e. The van der Waals surface area contributed by atoms with Gasteiger partial charge in [0.1, 0.15) is 6.54 Å². The third-order valence-electron chi connectivity index (χ3n) is 2.56. The highest BCUT2D eigenvalue weighted by atomic mass is 16.2. The topological polar surface area (TPSA) is 66.6 Å². The lowest BCUT2D eigenvalue weighted by Crippen LogP contribution is -2.57. The van der Waals surface area contributed by atoms with E-state index in [-0.39, 0.29) is 30.9 Å². The molecule has 5 heteroatoms. The first-order valence-corrected chi connectivity index (χ1v) is 4.87. The van der Waals surface area contributed by atoms with E-state index in [0.717, 1.165) is 0 Å². The van der Waals surface area contributed by atoms with Gasteiger partial charge in [-0.05, 0) is 13.8 Å². The van der Waals surface area contributed by atoms with Gasteiger partial charge in [-0.1, -0.05) is 0 Å². The van der Waals surface area contributed by atoms with Gasteiger partial charge in [0, 0.05) is 19.1 Å². The van der Waals surface area contributed by atoms with Gasteiger partial charge >= 0.3 is 0 Å². The second kappa shape index (κ2) is 4.41. The average molecular weight is 199 g/mol. The molecule has 1 fully saturated rings. The predicted octanol–water partition coefficient (Wildman–Crippen LogP) is -0.976. The minimum Gasteiger partial charge on any atom is -0.332 e. The van der Waals surface area contributed by atoms with Crippen LogP contribution in [0.4, 0.5) is 0 Å². The van der Waals surface area contributed by atoms with Crippen LogP contribution in [0.2, 0.25) is 0 Å². The summed E-state index contributed by atoms with van der Waals surface area (Å²) in [5.74, 6) is -0.00296. The van der Waals surface area contributed by atoms with Gasteiger partial charge in [0.25, 0.3) is 0 Å². The molecule has 2 N–H and O–H groups in total. The van der Waals surface area contributed by atoms with E-state index in [0.29, 0.717) is 13.1 Å². The van der Waals surface area contributed by atoms with Crippen LogP contribution in [0, 0.1) is 0 Å². The summed E-state index contributed by atoms with van der Waals surface area (Å²) in [4.78, 5) is 26.2. The van der Waals surface area contributed by atoms with E-state index in [9.17, 15) is 9.59 Å². The van der Waals surface area contributed by atoms with Crippen molar-refractivity contribution in [2.75, 3.05) is 26.2 Å². The standard InChI is InChI=1S/C9H17N3O2/c1-3-11-5-9(14)12(6-8(11)13)7(2)4-10/h7H,3-6,10H2,1-2H3. The van der Waals surface area contributed by atoms with Crippen LogP contribution in [0.15, 0.2) is 0 Å². The second-order valence-electron chi connectivity index (χ2n) is 3.51. The van der Waals surface area contributed by atoms with E-state index >= 15 is 0 Å². The molecule has 1 aliphatic rings. The Morgan fingerprint density at radius 3 is 2.50 bits per heavy atom. The van der Waals surface area contributed by atoms with Gasteiger partial charge < -0.3 is 15.5 Å². The molecule has 1 heterocycles. The summed E-state index contributed by atoms with van der Waals surface area (Å²) in [7, 11) is 0. The number of likely N-dealkylation sites (N-methyl/N-ethyl adjacent to an activating group) is 1. The van der Waals surface area contributed by atoms with Gasteiger partial charge in [0.15, 0.2) is 0 Å². The molecule has 2 amide bonds. The highest BCUT2D eigenvalue weighted by Gasteiger charge is 2.30. The maximum absolute atomic E-state index is 11.6. The number of hydrogen-bond donors (Lipinski definition) is 1. The Balaban J connectivity index is 2.66. The molecule has 0 aromatic carbocycles. The van der Waals surface area contributed by atoms with Crippen molar-refractivity contribution in [2.45, 2.75) is 19.9 Å². The number of rotatable bonds is 3. The SMILES string of the molecule is CCN1CC(=O)N(C(C)CN)CC1=O. The molecule has 0 radical (unpaired) electrons. The van der Waals surface area contributed by atoms with Crippen LogP contribution in [0.1, 0.15) is 13.8 Å². The molecule has 0 aromatic heterocycles. The number of amides is 2. The van der Waals surface area contributed by atoms with Crippen LogP contribution in [0.25, 0.3) is 0 Å². The molecule has 14 heavy (non-hydrogen) atoms. The van der Waals surface area contributed by atoms with Crippen molar-refractivity contribution in [1.29, 1.82) is 0 Å². The maximum atomic E-state index is 11.6.